The topological polar surface area (TPSA) is 32.3 Å². The van der Waals surface area contributed by atoms with E-state index >= 15 is 0 Å². The van der Waals surface area contributed by atoms with Crippen LogP contribution in [0.2, 0.25) is 0 Å². The first-order valence-corrected chi connectivity index (χ1v) is 6.95. The molecule has 2 atom stereocenters. The number of thioether (sulfide) groups is 1. The molecule has 0 saturated heterocycles. The lowest BCUT2D eigenvalue weighted by atomic mass is 9.92. The van der Waals surface area contributed by atoms with Crippen molar-refractivity contribution < 1.29 is 5.11 Å². The predicted molar refractivity (Wildman–Crippen MR) is 61.7 cm³/mol. The van der Waals surface area contributed by atoms with Crippen molar-refractivity contribution in [3.05, 3.63) is 0 Å². The van der Waals surface area contributed by atoms with E-state index in [4.69, 9.17) is 0 Å². The Hall–Kier alpha value is 0.270. The minimum Gasteiger partial charge on any atom is -0.392 e. The zero-order chi connectivity index (χ0) is 10.0. The third kappa shape index (κ3) is 2.44. The van der Waals surface area contributed by atoms with Gasteiger partial charge in [0.1, 0.15) is 0 Å². The Kier molecular flexibility index (Phi) is 3.40. The van der Waals surface area contributed by atoms with Crippen LogP contribution in [-0.2, 0) is 0 Å². The summed E-state index contributed by atoms with van der Waals surface area (Å²) in [6.07, 6.45) is 9.44. The van der Waals surface area contributed by atoms with E-state index in [2.05, 4.69) is 11.6 Å². The molecule has 0 aromatic rings. The normalized spacial score (nSPS) is 35.6. The van der Waals surface area contributed by atoms with Gasteiger partial charge in [0.15, 0.2) is 0 Å². The van der Waals surface area contributed by atoms with Gasteiger partial charge in [-0.3, -0.25) is 0 Å². The number of hydrogen-bond acceptors (Lipinski definition) is 3. The van der Waals surface area contributed by atoms with E-state index in [0.717, 1.165) is 19.4 Å². The highest BCUT2D eigenvalue weighted by atomic mass is 32.2. The summed E-state index contributed by atoms with van der Waals surface area (Å²) in [4.78, 5) is 0. The molecule has 2 rings (SSSR count). The molecule has 0 heterocycles. The van der Waals surface area contributed by atoms with Crippen LogP contribution in [0.5, 0.6) is 0 Å². The smallest absolute Gasteiger partial charge is 0.0693 e. The molecule has 0 radical (unpaired) electrons. The molecule has 0 aromatic heterocycles. The van der Waals surface area contributed by atoms with Crippen LogP contribution in [0, 0.1) is 0 Å². The molecular weight excluding hydrogens is 194 g/mol. The quantitative estimate of drug-likeness (QED) is 0.750. The van der Waals surface area contributed by atoms with Crippen LogP contribution in [0.1, 0.15) is 38.5 Å². The number of rotatable bonds is 4. The van der Waals surface area contributed by atoms with Crippen molar-refractivity contribution in [2.24, 2.45) is 0 Å². The average Bonchev–Trinajstić information content (AvgIpc) is 2.98. The second-order valence-electron chi connectivity index (χ2n) is 4.73. The lowest BCUT2D eigenvalue weighted by Gasteiger charge is -2.29. The summed E-state index contributed by atoms with van der Waals surface area (Å²) in [6, 6.07) is 0.369. The summed E-state index contributed by atoms with van der Waals surface area (Å²) >= 11 is 1.98. The largest absolute Gasteiger partial charge is 0.392 e. The van der Waals surface area contributed by atoms with Crippen LogP contribution in [0.4, 0.5) is 0 Å². The van der Waals surface area contributed by atoms with E-state index in [-0.39, 0.29) is 6.10 Å². The SMILES string of the molecule is CSC1(CN[C@@H]2CCCC[C@H]2O)CC1. The van der Waals surface area contributed by atoms with E-state index in [1.165, 1.54) is 25.7 Å². The van der Waals surface area contributed by atoms with Gasteiger partial charge < -0.3 is 10.4 Å². The second-order valence-corrected chi connectivity index (χ2v) is 6.00. The third-order valence-corrected chi connectivity index (χ3v) is 5.08. The van der Waals surface area contributed by atoms with Gasteiger partial charge in [-0.2, -0.15) is 11.8 Å². The third-order valence-electron chi connectivity index (χ3n) is 3.66. The molecule has 3 heteroatoms. The first-order valence-electron chi connectivity index (χ1n) is 5.72. The summed E-state index contributed by atoms with van der Waals surface area (Å²) in [7, 11) is 0. The van der Waals surface area contributed by atoms with E-state index in [1.807, 2.05) is 11.8 Å². The Morgan fingerprint density at radius 3 is 2.64 bits per heavy atom. The Morgan fingerprint density at radius 2 is 2.07 bits per heavy atom. The summed E-state index contributed by atoms with van der Waals surface area (Å²) < 4.78 is 0.525. The van der Waals surface area contributed by atoms with Crippen molar-refractivity contribution in [2.45, 2.75) is 55.4 Å². The van der Waals surface area contributed by atoms with Crippen molar-refractivity contribution >= 4 is 11.8 Å². The molecule has 0 aliphatic heterocycles. The fourth-order valence-electron chi connectivity index (χ4n) is 2.26. The molecule has 0 amide bonds. The van der Waals surface area contributed by atoms with Gasteiger partial charge >= 0.3 is 0 Å². The van der Waals surface area contributed by atoms with E-state index < -0.39 is 0 Å². The summed E-state index contributed by atoms with van der Waals surface area (Å²) in [5.41, 5.74) is 0. The maximum Gasteiger partial charge on any atom is 0.0693 e. The lowest BCUT2D eigenvalue weighted by Crippen LogP contribution is -2.44. The minimum atomic E-state index is -0.0959. The maximum absolute atomic E-state index is 9.79. The Balaban J connectivity index is 1.73. The molecule has 14 heavy (non-hydrogen) atoms. The van der Waals surface area contributed by atoms with Crippen LogP contribution >= 0.6 is 11.8 Å². The van der Waals surface area contributed by atoms with Crippen LogP contribution in [0.3, 0.4) is 0 Å². The molecule has 2 N–H and O–H groups in total. The van der Waals surface area contributed by atoms with Gasteiger partial charge in [0, 0.05) is 17.3 Å². The fourth-order valence-corrected chi connectivity index (χ4v) is 3.00. The van der Waals surface area contributed by atoms with Gasteiger partial charge in [0.25, 0.3) is 0 Å². The van der Waals surface area contributed by atoms with Crippen LogP contribution in [0.15, 0.2) is 0 Å². The molecule has 2 aliphatic rings. The van der Waals surface area contributed by atoms with Crippen LogP contribution in [-0.4, -0.2) is 34.8 Å². The van der Waals surface area contributed by atoms with E-state index in [0.29, 0.717) is 10.8 Å². The Labute approximate surface area is 90.8 Å². The van der Waals surface area contributed by atoms with Gasteiger partial charge in [-0.15, -0.1) is 0 Å². The lowest BCUT2D eigenvalue weighted by molar-refractivity contribution is 0.0910. The van der Waals surface area contributed by atoms with Gasteiger partial charge in [-0.25, -0.2) is 0 Å². The molecule has 0 aromatic carbocycles. The molecule has 2 saturated carbocycles. The van der Waals surface area contributed by atoms with E-state index in [1.54, 1.807) is 0 Å². The standard InChI is InChI=1S/C11H21NOS/c1-14-11(6-7-11)8-12-9-4-2-3-5-10(9)13/h9-10,12-13H,2-8H2,1H3/t9-,10-/m1/s1. The molecule has 2 nitrogen and oxygen atoms in total. The first kappa shape index (κ1) is 10.8. The number of aliphatic hydroxyl groups is 1. The second kappa shape index (κ2) is 4.42. The molecule has 0 unspecified atom stereocenters. The zero-order valence-corrected chi connectivity index (χ0v) is 9.78. The zero-order valence-electron chi connectivity index (χ0n) is 8.96. The highest BCUT2D eigenvalue weighted by Crippen LogP contribution is 2.46. The highest BCUT2D eigenvalue weighted by molar-refractivity contribution is 8.00. The molecule has 2 aliphatic carbocycles. The van der Waals surface area contributed by atoms with Gasteiger partial charge in [0.05, 0.1) is 6.10 Å². The Bertz CT molecular complexity index is 194. The number of nitrogens with one attached hydrogen (secondary N) is 1. The van der Waals surface area contributed by atoms with Gasteiger partial charge in [0.2, 0.25) is 0 Å². The number of hydrogen-bond donors (Lipinski definition) is 2. The summed E-state index contributed by atoms with van der Waals surface area (Å²) in [6.45, 7) is 1.09. The highest BCUT2D eigenvalue weighted by Gasteiger charge is 2.42. The van der Waals surface area contributed by atoms with Crippen molar-refractivity contribution in [1.29, 1.82) is 0 Å². The van der Waals surface area contributed by atoms with Crippen LogP contribution < -0.4 is 5.32 Å². The number of aliphatic hydroxyl groups excluding tert-OH is 1. The van der Waals surface area contributed by atoms with Crippen molar-refractivity contribution in [3.63, 3.8) is 0 Å². The van der Waals surface area contributed by atoms with Crippen molar-refractivity contribution in [3.8, 4) is 0 Å². The predicted octanol–water partition coefficient (Wildman–Crippen LogP) is 1.78. The van der Waals surface area contributed by atoms with Gasteiger partial charge in [-0.1, -0.05) is 12.8 Å². The maximum atomic E-state index is 9.79. The minimum absolute atomic E-state index is 0.0959. The molecule has 0 spiro atoms. The average molecular weight is 215 g/mol. The Morgan fingerprint density at radius 1 is 1.36 bits per heavy atom. The molecule has 2 fully saturated rings. The molecule has 0 bridgehead atoms. The first-order chi connectivity index (χ1) is 6.76. The van der Waals surface area contributed by atoms with E-state index in [9.17, 15) is 5.11 Å². The summed E-state index contributed by atoms with van der Waals surface area (Å²) in [5.74, 6) is 0. The molecule has 82 valence electrons. The van der Waals surface area contributed by atoms with Crippen molar-refractivity contribution in [1.82, 2.24) is 5.32 Å². The van der Waals surface area contributed by atoms with Gasteiger partial charge in [-0.05, 0) is 31.9 Å². The van der Waals surface area contributed by atoms with Crippen molar-refractivity contribution in [2.75, 3.05) is 12.8 Å². The fraction of sp³-hybridized carbons (Fsp3) is 1.00. The van der Waals surface area contributed by atoms with Crippen LogP contribution in [0.25, 0.3) is 0 Å². The molecular formula is C11H21NOS. The monoisotopic (exact) mass is 215 g/mol. The summed E-state index contributed by atoms with van der Waals surface area (Å²) in [5, 5.41) is 13.3.